The van der Waals surface area contributed by atoms with E-state index < -0.39 is 18.8 Å². The molecule has 0 saturated carbocycles. The molecule has 1 aromatic carbocycles. The van der Waals surface area contributed by atoms with Gasteiger partial charge in [-0.2, -0.15) is 0 Å². The third-order valence-corrected chi connectivity index (χ3v) is 2.53. The van der Waals surface area contributed by atoms with E-state index in [2.05, 4.69) is 26.0 Å². The van der Waals surface area contributed by atoms with Gasteiger partial charge in [0.2, 0.25) is 5.91 Å². The second-order valence-electron chi connectivity index (χ2n) is 3.39. The highest BCUT2D eigenvalue weighted by atomic mass is 79.9. The molecule has 0 atom stereocenters. The lowest BCUT2D eigenvalue weighted by atomic mass is 10.3. The van der Waals surface area contributed by atoms with Crippen LogP contribution in [0.25, 0.3) is 0 Å². The molecule has 0 radical (unpaired) electrons. The first-order chi connectivity index (χ1) is 8.49. The molecule has 100 valence electrons. The number of ether oxygens (including phenoxy) is 1. The van der Waals surface area contributed by atoms with Gasteiger partial charge < -0.3 is 10.1 Å². The van der Waals surface area contributed by atoms with Gasteiger partial charge in [-0.3, -0.25) is 4.79 Å². The number of alkyl halides is 2. The molecule has 0 heterocycles. The smallest absolute Gasteiger partial charge is 0.261 e. The highest BCUT2D eigenvalue weighted by molar-refractivity contribution is 9.10. The van der Waals surface area contributed by atoms with Gasteiger partial charge >= 0.3 is 0 Å². The maximum atomic E-state index is 12.9. The third kappa shape index (κ3) is 5.50. The van der Waals surface area contributed by atoms with Gasteiger partial charge in [0, 0.05) is 5.69 Å². The van der Waals surface area contributed by atoms with Crippen molar-refractivity contribution in [2.45, 2.75) is 12.8 Å². The number of hydrogen-bond donors (Lipinski definition) is 1. The molecule has 0 bridgehead atoms. The summed E-state index contributed by atoms with van der Waals surface area (Å²) in [5.41, 5.74) is 0.419. The molecule has 0 saturated heterocycles. The van der Waals surface area contributed by atoms with Crippen LogP contribution in [0.1, 0.15) is 6.42 Å². The van der Waals surface area contributed by atoms with Crippen LogP contribution < -0.4 is 5.32 Å². The van der Waals surface area contributed by atoms with E-state index in [0.29, 0.717) is 5.69 Å². The Labute approximate surface area is 110 Å². The van der Waals surface area contributed by atoms with E-state index in [1.165, 1.54) is 18.2 Å². The Morgan fingerprint density at radius 1 is 1.44 bits per heavy atom. The number of amides is 1. The van der Waals surface area contributed by atoms with Crippen LogP contribution in [-0.4, -0.2) is 25.5 Å². The van der Waals surface area contributed by atoms with Gasteiger partial charge in [-0.1, -0.05) is 0 Å². The Hall–Kier alpha value is -1.08. The predicted octanol–water partition coefficient (Wildman–Crippen LogP) is 3.20. The van der Waals surface area contributed by atoms with Crippen LogP contribution in [0, 0.1) is 5.82 Å². The summed E-state index contributed by atoms with van der Waals surface area (Å²) in [6.45, 7) is -0.770. The van der Waals surface area contributed by atoms with E-state index in [0.717, 1.165) is 0 Å². The lowest BCUT2D eigenvalue weighted by molar-refractivity contribution is -0.117. The van der Waals surface area contributed by atoms with E-state index in [-0.39, 0.29) is 23.4 Å². The number of benzene rings is 1. The van der Waals surface area contributed by atoms with E-state index in [1.54, 1.807) is 0 Å². The Bertz CT molecular complexity index is 415. The molecular weight excluding hydrogens is 315 g/mol. The summed E-state index contributed by atoms with van der Waals surface area (Å²) in [5, 5.41) is 2.49. The SMILES string of the molecule is O=C(CCOCC(F)F)Nc1ccc(F)c(Br)c1. The molecule has 1 rings (SSSR count). The first-order valence-electron chi connectivity index (χ1n) is 5.10. The Kier molecular flexibility index (Phi) is 6.14. The predicted molar refractivity (Wildman–Crippen MR) is 64.2 cm³/mol. The van der Waals surface area contributed by atoms with Crippen LogP contribution in [0.15, 0.2) is 22.7 Å². The fourth-order valence-corrected chi connectivity index (χ4v) is 1.51. The van der Waals surface area contributed by atoms with Crippen LogP contribution in [0.2, 0.25) is 0 Å². The van der Waals surface area contributed by atoms with E-state index in [1.807, 2.05) is 0 Å². The standard InChI is InChI=1S/C11H11BrF3NO2/c12-8-5-7(1-2-9(8)13)16-11(17)3-4-18-6-10(14)15/h1-2,5,10H,3-4,6H2,(H,16,17). The maximum absolute atomic E-state index is 12.9. The number of halogens is 4. The highest BCUT2D eigenvalue weighted by Crippen LogP contribution is 2.19. The molecule has 0 spiro atoms. The largest absolute Gasteiger partial charge is 0.375 e. The zero-order valence-electron chi connectivity index (χ0n) is 9.26. The number of hydrogen-bond acceptors (Lipinski definition) is 2. The molecule has 0 aromatic heterocycles. The summed E-state index contributed by atoms with van der Waals surface area (Å²) < 4.78 is 41.2. The van der Waals surface area contributed by atoms with Crippen molar-refractivity contribution in [2.75, 3.05) is 18.5 Å². The van der Waals surface area contributed by atoms with Gasteiger partial charge in [0.25, 0.3) is 6.43 Å². The van der Waals surface area contributed by atoms with Crippen LogP contribution >= 0.6 is 15.9 Å². The molecular formula is C11H11BrF3NO2. The summed E-state index contributed by atoms with van der Waals surface area (Å²) in [7, 11) is 0. The summed E-state index contributed by atoms with van der Waals surface area (Å²) in [6.07, 6.45) is -2.58. The minimum atomic E-state index is -2.54. The van der Waals surface area contributed by atoms with E-state index in [4.69, 9.17) is 0 Å². The van der Waals surface area contributed by atoms with Crippen molar-refractivity contribution in [3.8, 4) is 0 Å². The van der Waals surface area contributed by atoms with Crippen molar-refractivity contribution in [3.63, 3.8) is 0 Å². The summed E-state index contributed by atoms with van der Waals surface area (Å²) in [4.78, 5) is 11.4. The van der Waals surface area contributed by atoms with Gasteiger partial charge in [0.15, 0.2) is 0 Å². The van der Waals surface area contributed by atoms with Crippen molar-refractivity contribution in [1.82, 2.24) is 0 Å². The lowest BCUT2D eigenvalue weighted by Crippen LogP contribution is -2.15. The normalized spacial score (nSPS) is 10.7. The molecule has 3 nitrogen and oxygen atoms in total. The minimum Gasteiger partial charge on any atom is -0.375 e. The fraction of sp³-hybridized carbons (Fsp3) is 0.364. The fourth-order valence-electron chi connectivity index (χ4n) is 1.13. The van der Waals surface area contributed by atoms with Gasteiger partial charge in [0.05, 0.1) is 17.5 Å². The first-order valence-corrected chi connectivity index (χ1v) is 5.89. The van der Waals surface area contributed by atoms with Crippen molar-refractivity contribution >= 4 is 27.5 Å². The molecule has 0 aliphatic carbocycles. The second-order valence-corrected chi connectivity index (χ2v) is 4.25. The van der Waals surface area contributed by atoms with Gasteiger partial charge in [-0.05, 0) is 34.1 Å². The van der Waals surface area contributed by atoms with Crippen LogP contribution in [0.3, 0.4) is 0 Å². The molecule has 0 unspecified atom stereocenters. The maximum Gasteiger partial charge on any atom is 0.261 e. The van der Waals surface area contributed by atoms with Crippen LogP contribution in [0.4, 0.5) is 18.9 Å². The Morgan fingerprint density at radius 2 is 2.17 bits per heavy atom. The van der Waals surface area contributed by atoms with Crippen molar-refractivity contribution in [3.05, 3.63) is 28.5 Å². The second kappa shape index (κ2) is 7.38. The molecule has 7 heteroatoms. The molecule has 1 N–H and O–H groups in total. The molecule has 0 fully saturated rings. The van der Waals surface area contributed by atoms with Crippen LogP contribution in [-0.2, 0) is 9.53 Å². The molecule has 0 aliphatic rings. The first kappa shape index (κ1) is 15.0. The lowest BCUT2D eigenvalue weighted by Gasteiger charge is -2.06. The quantitative estimate of drug-likeness (QED) is 0.816. The molecule has 0 aliphatic heterocycles. The zero-order chi connectivity index (χ0) is 13.5. The van der Waals surface area contributed by atoms with Crippen molar-refractivity contribution < 1.29 is 22.7 Å². The van der Waals surface area contributed by atoms with E-state index in [9.17, 15) is 18.0 Å². The Balaban J connectivity index is 2.33. The number of rotatable bonds is 6. The minimum absolute atomic E-state index is 0.0400. The zero-order valence-corrected chi connectivity index (χ0v) is 10.8. The molecule has 18 heavy (non-hydrogen) atoms. The average Bonchev–Trinajstić information content (AvgIpc) is 2.29. The monoisotopic (exact) mass is 325 g/mol. The van der Waals surface area contributed by atoms with Gasteiger partial charge in [-0.15, -0.1) is 0 Å². The van der Waals surface area contributed by atoms with Crippen molar-refractivity contribution in [1.29, 1.82) is 0 Å². The summed E-state index contributed by atoms with van der Waals surface area (Å²) in [5.74, 6) is -0.823. The summed E-state index contributed by atoms with van der Waals surface area (Å²) >= 11 is 2.98. The number of carbonyl (C=O) groups is 1. The summed E-state index contributed by atoms with van der Waals surface area (Å²) in [6, 6.07) is 4.01. The van der Waals surface area contributed by atoms with Gasteiger partial charge in [0.1, 0.15) is 12.4 Å². The average molecular weight is 326 g/mol. The van der Waals surface area contributed by atoms with Gasteiger partial charge in [-0.25, -0.2) is 13.2 Å². The Morgan fingerprint density at radius 3 is 2.78 bits per heavy atom. The number of anilines is 1. The van der Waals surface area contributed by atoms with E-state index >= 15 is 0 Å². The third-order valence-electron chi connectivity index (χ3n) is 1.92. The van der Waals surface area contributed by atoms with Crippen LogP contribution in [0.5, 0.6) is 0 Å². The topological polar surface area (TPSA) is 38.3 Å². The van der Waals surface area contributed by atoms with Crippen molar-refractivity contribution in [2.24, 2.45) is 0 Å². The molecule has 1 amide bonds. The highest BCUT2D eigenvalue weighted by Gasteiger charge is 2.06. The number of carbonyl (C=O) groups excluding carboxylic acids is 1. The number of nitrogens with one attached hydrogen (secondary N) is 1. The molecule has 1 aromatic rings.